The largest absolute Gasteiger partial charge is 0.494 e. The van der Waals surface area contributed by atoms with Gasteiger partial charge in [0.15, 0.2) is 0 Å². The Balaban J connectivity index is 1.72. The van der Waals surface area contributed by atoms with E-state index in [9.17, 15) is 22.8 Å². The van der Waals surface area contributed by atoms with Crippen molar-refractivity contribution in [2.75, 3.05) is 18.5 Å². The number of rotatable bonds is 8. The second-order valence-electron chi connectivity index (χ2n) is 6.19. The van der Waals surface area contributed by atoms with E-state index in [0.29, 0.717) is 18.7 Å². The van der Waals surface area contributed by atoms with Crippen LogP contribution in [0.4, 0.5) is 18.9 Å². The predicted octanol–water partition coefficient (Wildman–Crippen LogP) is 4.08. The van der Waals surface area contributed by atoms with Gasteiger partial charge in [-0.05, 0) is 55.3 Å². The van der Waals surface area contributed by atoms with Crippen LogP contribution in [0.3, 0.4) is 0 Å². The number of hydrogen-bond donors (Lipinski definition) is 2. The molecule has 0 spiro atoms. The first-order chi connectivity index (χ1) is 13.2. The lowest BCUT2D eigenvalue weighted by atomic mass is 10.2. The predicted molar refractivity (Wildman–Crippen MR) is 99.4 cm³/mol. The highest BCUT2D eigenvalue weighted by Crippen LogP contribution is 2.15. The molecule has 0 aliphatic rings. The normalized spacial score (nSPS) is 11.0. The SMILES string of the molecule is Cc1cccc(OCCCC(=O)Nc2ccc(C(=O)NCC(F)(F)F)cc2)c1. The van der Waals surface area contributed by atoms with Gasteiger partial charge in [-0.25, -0.2) is 0 Å². The quantitative estimate of drug-likeness (QED) is 0.663. The van der Waals surface area contributed by atoms with Crippen LogP contribution in [0, 0.1) is 6.92 Å². The first-order valence-electron chi connectivity index (χ1n) is 8.67. The molecule has 0 heterocycles. The van der Waals surface area contributed by atoms with Gasteiger partial charge in [0.25, 0.3) is 5.91 Å². The third kappa shape index (κ3) is 7.69. The summed E-state index contributed by atoms with van der Waals surface area (Å²) >= 11 is 0. The fourth-order valence-electron chi connectivity index (χ4n) is 2.34. The number of carbonyl (C=O) groups is 2. The summed E-state index contributed by atoms with van der Waals surface area (Å²) < 4.78 is 41.9. The molecule has 0 unspecified atom stereocenters. The summed E-state index contributed by atoms with van der Waals surface area (Å²) in [5.41, 5.74) is 1.62. The molecule has 0 aliphatic heterocycles. The lowest BCUT2D eigenvalue weighted by Gasteiger charge is -2.09. The molecule has 0 saturated heterocycles. The van der Waals surface area contributed by atoms with E-state index in [1.165, 1.54) is 24.3 Å². The molecule has 0 radical (unpaired) electrons. The van der Waals surface area contributed by atoms with Crippen LogP contribution >= 0.6 is 0 Å². The van der Waals surface area contributed by atoms with E-state index in [1.807, 2.05) is 31.2 Å². The molecule has 150 valence electrons. The number of anilines is 1. The van der Waals surface area contributed by atoms with E-state index in [1.54, 1.807) is 5.32 Å². The van der Waals surface area contributed by atoms with Gasteiger partial charge in [-0.1, -0.05) is 12.1 Å². The maximum Gasteiger partial charge on any atom is 0.405 e. The van der Waals surface area contributed by atoms with Crippen LogP contribution in [0.5, 0.6) is 5.75 Å². The minimum Gasteiger partial charge on any atom is -0.494 e. The zero-order valence-corrected chi connectivity index (χ0v) is 15.3. The summed E-state index contributed by atoms with van der Waals surface area (Å²) in [6, 6.07) is 13.2. The third-order valence-corrected chi connectivity index (χ3v) is 3.69. The van der Waals surface area contributed by atoms with Crippen LogP contribution in [0.15, 0.2) is 48.5 Å². The van der Waals surface area contributed by atoms with Crippen molar-refractivity contribution in [1.29, 1.82) is 0 Å². The molecular formula is C20H21F3N2O3. The number of carbonyl (C=O) groups excluding carboxylic acids is 2. The van der Waals surface area contributed by atoms with E-state index in [-0.39, 0.29) is 17.9 Å². The summed E-state index contributed by atoms with van der Waals surface area (Å²) in [7, 11) is 0. The number of hydrogen-bond acceptors (Lipinski definition) is 3. The molecule has 0 atom stereocenters. The first kappa shape index (κ1) is 21.3. The Kier molecular flexibility index (Phi) is 7.43. The molecule has 0 fully saturated rings. The van der Waals surface area contributed by atoms with Gasteiger partial charge in [0.1, 0.15) is 12.3 Å². The highest BCUT2D eigenvalue weighted by atomic mass is 19.4. The van der Waals surface area contributed by atoms with Gasteiger partial charge < -0.3 is 15.4 Å². The zero-order chi connectivity index (χ0) is 20.6. The molecule has 5 nitrogen and oxygen atoms in total. The van der Waals surface area contributed by atoms with Gasteiger partial charge in [-0.3, -0.25) is 9.59 Å². The van der Waals surface area contributed by atoms with Crippen LogP contribution in [-0.2, 0) is 4.79 Å². The molecule has 0 bridgehead atoms. The minimum atomic E-state index is -4.47. The number of ether oxygens (including phenoxy) is 1. The van der Waals surface area contributed by atoms with Gasteiger partial charge in [0, 0.05) is 17.7 Å². The van der Waals surface area contributed by atoms with Gasteiger partial charge in [-0.2, -0.15) is 13.2 Å². The molecule has 2 aromatic carbocycles. The maximum absolute atomic E-state index is 12.1. The number of alkyl halides is 3. The lowest BCUT2D eigenvalue weighted by molar-refractivity contribution is -0.123. The second-order valence-corrected chi connectivity index (χ2v) is 6.19. The summed E-state index contributed by atoms with van der Waals surface area (Å²) in [6.45, 7) is 0.968. The van der Waals surface area contributed by atoms with Crippen LogP contribution < -0.4 is 15.4 Å². The number of nitrogens with one attached hydrogen (secondary N) is 2. The van der Waals surface area contributed by atoms with E-state index in [2.05, 4.69) is 5.32 Å². The average molecular weight is 394 g/mol. The van der Waals surface area contributed by atoms with E-state index >= 15 is 0 Å². The van der Waals surface area contributed by atoms with Crippen molar-refractivity contribution in [3.05, 3.63) is 59.7 Å². The minimum absolute atomic E-state index is 0.0776. The molecule has 8 heteroatoms. The molecule has 2 amide bonds. The molecule has 2 N–H and O–H groups in total. The zero-order valence-electron chi connectivity index (χ0n) is 15.3. The Bertz CT molecular complexity index is 805. The van der Waals surface area contributed by atoms with Crippen LogP contribution in [0.25, 0.3) is 0 Å². The Labute approximate surface area is 160 Å². The fraction of sp³-hybridized carbons (Fsp3) is 0.300. The smallest absolute Gasteiger partial charge is 0.405 e. The van der Waals surface area contributed by atoms with Crippen LogP contribution in [0.1, 0.15) is 28.8 Å². The van der Waals surface area contributed by atoms with Crippen molar-refractivity contribution >= 4 is 17.5 Å². The summed E-state index contributed by atoms with van der Waals surface area (Å²) in [4.78, 5) is 23.6. The average Bonchev–Trinajstić information content (AvgIpc) is 2.63. The highest BCUT2D eigenvalue weighted by Gasteiger charge is 2.27. The van der Waals surface area contributed by atoms with E-state index < -0.39 is 18.6 Å². The van der Waals surface area contributed by atoms with Crippen molar-refractivity contribution < 1.29 is 27.5 Å². The van der Waals surface area contributed by atoms with Crippen molar-refractivity contribution in [2.24, 2.45) is 0 Å². The van der Waals surface area contributed by atoms with Gasteiger partial charge in [-0.15, -0.1) is 0 Å². The fourth-order valence-corrected chi connectivity index (χ4v) is 2.34. The van der Waals surface area contributed by atoms with Crippen molar-refractivity contribution in [1.82, 2.24) is 5.32 Å². The summed E-state index contributed by atoms with van der Waals surface area (Å²) in [6.07, 6.45) is -3.69. The second kappa shape index (κ2) is 9.77. The van der Waals surface area contributed by atoms with Crippen molar-refractivity contribution in [2.45, 2.75) is 25.9 Å². The Morgan fingerprint density at radius 2 is 1.79 bits per heavy atom. The number of aryl methyl sites for hydroxylation is 1. The van der Waals surface area contributed by atoms with Crippen molar-refractivity contribution in [3.63, 3.8) is 0 Å². The van der Waals surface area contributed by atoms with E-state index in [4.69, 9.17) is 4.74 Å². The summed E-state index contributed by atoms with van der Waals surface area (Å²) in [5, 5.41) is 4.45. The molecule has 2 aromatic rings. The molecule has 0 aromatic heterocycles. The number of benzene rings is 2. The highest BCUT2D eigenvalue weighted by molar-refractivity contribution is 5.95. The third-order valence-electron chi connectivity index (χ3n) is 3.69. The molecule has 0 aliphatic carbocycles. The van der Waals surface area contributed by atoms with Crippen LogP contribution in [-0.4, -0.2) is 31.1 Å². The van der Waals surface area contributed by atoms with E-state index in [0.717, 1.165) is 11.3 Å². The summed E-state index contributed by atoms with van der Waals surface area (Å²) in [5.74, 6) is -0.301. The Morgan fingerprint density at radius 3 is 2.43 bits per heavy atom. The topological polar surface area (TPSA) is 67.4 Å². The molecule has 28 heavy (non-hydrogen) atoms. The maximum atomic E-state index is 12.1. The lowest BCUT2D eigenvalue weighted by Crippen LogP contribution is -2.33. The Morgan fingerprint density at radius 1 is 1.07 bits per heavy atom. The van der Waals surface area contributed by atoms with Gasteiger partial charge in [0.2, 0.25) is 5.91 Å². The van der Waals surface area contributed by atoms with Crippen LogP contribution in [0.2, 0.25) is 0 Å². The van der Waals surface area contributed by atoms with Gasteiger partial charge >= 0.3 is 6.18 Å². The number of amides is 2. The Hall–Kier alpha value is -3.03. The number of halogens is 3. The monoisotopic (exact) mass is 394 g/mol. The molecule has 2 rings (SSSR count). The molecular weight excluding hydrogens is 373 g/mol. The van der Waals surface area contributed by atoms with Crippen molar-refractivity contribution in [3.8, 4) is 5.75 Å². The standard InChI is InChI=1S/C20H21F3N2O3/c1-14-4-2-5-17(12-14)28-11-3-6-18(26)25-16-9-7-15(8-10-16)19(27)24-13-20(21,22)23/h2,4-5,7-10,12H,3,6,11,13H2,1H3,(H,24,27)(H,25,26). The molecule has 0 saturated carbocycles. The first-order valence-corrected chi connectivity index (χ1v) is 8.67. The van der Waals surface area contributed by atoms with Gasteiger partial charge in [0.05, 0.1) is 6.61 Å².